The number of ether oxygens (including phenoxy) is 2. The fourth-order valence-electron chi connectivity index (χ4n) is 3.97. The summed E-state index contributed by atoms with van der Waals surface area (Å²) >= 11 is 0. The molecule has 0 spiro atoms. The van der Waals surface area contributed by atoms with Gasteiger partial charge in [0.2, 0.25) is 0 Å². The quantitative estimate of drug-likeness (QED) is 0.321. The molecule has 1 heterocycles. The highest BCUT2D eigenvalue weighted by molar-refractivity contribution is 6.05. The van der Waals surface area contributed by atoms with Crippen LogP contribution >= 0.6 is 0 Å². The summed E-state index contributed by atoms with van der Waals surface area (Å²) in [6.07, 6.45) is 5.24. The largest absolute Gasteiger partial charge is 0.387 e. The van der Waals surface area contributed by atoms with Crippen LogP contribution < -0.4 is 14.8 Å². The zero-order chi connectivity index (χ0) is 22.6. The molecule has 6 nitrogen and oxygen atoms in total. The smallest absolute Gasteiger partial charge is 0.292 e. The van der Waals surface area contributed by atoms with Crippen LogP contribution in [0, 0.1) is 23.0 Å². The maximum absolute atomic E-state index is 9.49. The van der Waals surface area contributed by atoms with Crippen LogP contribution in [0.4, 0.5) is 11.4 Å². The van der Waals surface area contributed by atoms with Crippen molar-refractivity contribution in [1.82, 2.24) is 4.98 Å². The van der Waals surface area contributed by atoms with Crippen molar-refractivity contribution in [3.63, 3.8) is 0 Å². The third-order valence-corrected chi connectivity index (χ3v) is 5.35. The number of nitrogens with zero attached hydrogens (tertiary/aromatic N) is 3. The summed E-state index contributed by atoms with van der Waals surface area (Å²) < 4.78 is 11.0. The Bertz CT molecular complexity index is 1570. The van der Waals surface area contributed by atoms with Crippen molar-refractivity contribution >= 4 is 33.1 Å². The van der Waals surface area contributed by atoms with Gasteiger partial charge < -0.3 is 14.8 Å². The number of benzene rings is 4. The molecule has 0 amide bonds. The maximum atomic E-state index is 9.49. The molecule has 0 bridgehead atoms. The molecule has 0 aliphatic carbocycles. The van der Waals surface area contributed by atoms with Crippen LogP contribution in [0.25, 0.3) is 32.8 Å². The third kappa shape index (κ3) is 3.63. The minimum atomic E-state index is 0.296. The molecule has 0 aliphatic heterocycles. The first-order valence-corrected chi connectivity index (χ1v) is 10.2. The van der Waals surface area contributed by atoms with E-state index in [0.29, 0.717) is 33.8 Å². The van der Waals surface area contributed by atoms with Gasteiger partial charge in [0.1, 0.15) is 5.52 Å². The highest BCUT2D eigenvalue weighted by Crippen LogP contribution is 2.48. The van der Waals surface area contributed by atoms with Gasteiger partial charge in [0, 0.05) is 28.2 Å². The second-order valence-corrected chi connectivity index (χ2v) is 7.24. The fourth-order valence-corrected chi connectivity index (χ4v) is 3.97. The zero-order valence-electron chi connectivity index (χ0n) is 17.3. The number of hydrogen-bond donors (Lipinski definition) is 1. The highest BCUT2D eigenvalue weighted by atomic mass is 16.5. The van der Waals surface area contributed by atoms with Gasteiger partial charge in [0.25, 0.3) is 12.5 Å². The number of rotatable bonds is 5. The first-order chi connectivity index (χ1) is 16.3. The number of pyridine rings is 1. The van der Waals surface area contributed by atoms with E-state index >= 15 is 0 Å². The van der Waals surface area contributed by atoms with E-state index < -0.39 is 0 Å². The van der Waals surface area contributed by atoms with E-state index in [9.17, 15) is 10.5 Å². The molecule has 0 radical (unpaired) electrons. The fraction of sp³-hybridized carbons (Fsp3) is 0. The number of hydrogen-bond acceptors (Lipinski definition) is 6. The predicted molar refractivity (Wildman–Crippen MR) is 127 cm³/mol. The average molecular weight is 428 g/mol. The van der Waals surface area contributed by atoms with Crippen LogP contribution in [-0.2, 0) is 0 Å². The van der Waals surface area contributed by atoms with Crippen LogP contribution in [0.5, 0.6) is 11.5 Å². The summed E-state index contributed by atoms with van der Waals surface area (Å²) in [6, 6.07) is 26.8. The lowest BCUT2D eigenvalue weighted by Gasteiger charge is -2.19. The van der Waals surface area contributed by atoms with Gasteiger partial charge >= 0.3 is 0 Å². The third-order valence-electron chi connectivity index (χ3n) is 5.35. The number of nitrogens with one attached hydrogen (secondary N) is 1. The Morgan fingerprint density at radius 1 is 0.727 bits per heavy atom. The Balaban J connectivity index is 1.88. The zero-order valence-corrected chi connectivity index (χ0v) is 17.3. The first kappa shape index (κ1) is 19.9. The summed E-state index contributed by atoms with van der Waals surface area (Å²) in [4.78, 5) is 4.44. The van der Waals surface area contributed by atoms with Crippen molar-refractivity contribution in [3.8, 4) is 35.1 Å². The van der Waals surface area contributed by atoms with Crippen LogP contribution in [0.2, 0.25) is 0 Å². The van der Waals surface area contributed by atoms with Gasteiger partial charge in [-0.15, -0.1) is 10.5 Å². The predicted octanol–water partition coefficient (Wildman–Crippen LogP) is 6.52. The van der Waals surface area contributed by atoms with E-state index in [1.54, 1.807) is 12.5 Å². The van der Waals surface area contributed by atoms with Crippen molar-refractivity contribution in [2.24, 2.45) is 0 Å². The molecule has 1 aromatic heterocycles. The lowest BCUT2D eigenvalue weighted by atomic mass is 9.95. The maximum Gasteiger partial charge on any atom is 0.292 e. The summed E-state index contributed by atoms with van der Waals surface area (Å²) in [7, 11) is 0. The summed E-state index contributed by atoms with van der Waals surface area (Å²) in [5, 5.41) is 24.8. The first-order valence-electron chi connectivity index (χ1n) is 10.2. The molecule has 4 aromatic carbocycles. The molecule has 0 aliphatic rings. The van der Waals surface area contributed by atoms with Gasteiger partial charge in [-0.25, -0.2) is 0 Å². The molecular weight excluding hydrogens is 412 g/mol. The molecule has 0 saturated carbocycles. The number of fused-ring (bicyclic) bond motifs is 2. The van der Waals surface area contributed by atoms with E-state index in [1.807, 2.05) is 91.2 Å². The second-order valence-electron chi connectivity index (χ2n) is 7.24. The molecule has 5 aromatic rings. The van der Waals surface area contributed by atoms with Gasteiger partial charge in [0.15, 0.2) is 11.5 Å². The van der Waals surface area contributed by atoms with Gasteiger partial charge in [-0.1, -0.05) is 54.6 Å². The van der Waals surface area contributed by atoms with Gasteiger partial charge in [0.05, 0.1) is 11.3 Å². The molecule has 0 atom stereocenters. The van der Waals surface area contributed by atoms with Crippen molar-refractivity contribution in [3.05, 3.63) is 91.1 Å². The Hall–Kier alpha value is -5.07. The van der Waals surface area contributed by atoms with E-state index in [0.717, 1.165) is 21.8 Å². The van der Waals surface area contributed by atoms with E-state index in [1.165, 1.54) is 0 Å². The van der Waals surface area contributed by atoms with Crippen molar-refractivity contribution in [2.75, 3.05) is 5.32 Å². The van der Waals surface area contributed by atoms with E-state index in [-0.39, 0.29) is 0 Å². The SMILES string of the molecule is N#COc1c(-c2ccc3cccnc3c2OC#N)c(Nc2ccccc2)cc2ccccc12. The van der Waals surface area contributed by atoms with Crippen molar-refractivity contribution in [1.29, 1.82) is 10.5 Å². The summed E-state index contributed by atoms with van der Waals surface area (Å²) in [5.74, 6) is 0.664. The number of anilines is 2. The number of aromatic nitrogens is 1. The Kier molecular flexibility index (Phi) is 5.17. The molecule has 0 fully saturated rings. The molecule has 5 rings (SSSR count). The molecule has 0 unspecified atom stereocenters. The molecule has 156 valence electrons. The molecule has 0 saturated heterocycles. The summed E-state index contributed by atoms with van der Waals surface area (Å²) in [6.45, 7) is 0. The number of para-hydroxylation sites is 1. The molecular formula is C27H16N4O2. The van der Waals surface area contributed by atoms with Gasteiger partial charge in [-0.3, -0.25) is 4.98 Å². The topological polar surface area (TPSA) is 91.0 Å². The van der Waals surface area contributed by atoms with Crippen molar-refractivity contribution < 1.29 is 9.47 Å². The lowest BCUT2D eigenvalue weighted by Crippen LogP contribution is -2.00. The lowest BCUT2D eigenvalue weighted by molar-refractivity contribution is 0.507. The Labute approximate surface area is 189 Å². The molecule has 6 heteroatoms. The van der Waals surface area contributed by atoms with E-state index in [2.05, 4.69) is 10.3 Å². The van der Waals surface area contributed by atoms with Gasteiger partial charge in [-0.2, -0.15) is 0 Å². The van der Waals surface area contributed by atoms with Gasteiger partial charge in [-0.05, 0) is 35.7 Å². The minimum absolute atomic E-state index is 0.296. The Morgan fingerprint density at radius 3 is 2.27 bits per heavy atom. The minimum Gasteiger partial charge on any atom is -0.387 e. The van der Waals surface area contributed by atoms with Crippen LogP contribution in [0.15, 0.2) is 91.1 Å². The monoisotopic (exact) mass is 428 g/mol. The Morgan fingerprint density at radius 2 is 1.45 bits per heavy atom. The van der Waals surface area contributed by atoms with Crippen LogP contribution in [0.3, 0.4) is 0 Å². The average Bonchev–Trinajstić information content (AvgIpc) is 2.86. The standard InChI is InChI=1S/C27H16N4O2/c28-16-32-26-21-11-5-4-7-19(21)15-23(31-20-9-2-1-3-10-20)24(26)22-13-12-18-8-6-14-30-25(18)27(22)33-17-29/h1-15,31H. The van der Waals surface area contributed by atoms with Crippen LogP contribution in [-0.4, -0.2) is 4.98 Å². The number of nitriles is 2. The summed E-state index contributed by atoms with van der Waals surface area (Å²) in [5.41, 5.74) is 3.27. The van der Waals surface area contributed by atoms with Crippen LogP contribution in [0.1, 0.15) is 0 Å². The molecule has 1 N–H and O–H groups in total. The van der Waals surface area contributed by atoms with Crippen molar-refractivity contribution in [2.45, 2.75) is 0 Å². The molecule has 33 heavy (non-hydrogen) atoms. The van der Waals surface area contributed by atoms with E-state index in [4.69, 9.17) is 9.47 Å². The highest BCUT2D eigenvalue weighted by Gasteiger charge is 2.23. The second kappa shape index (κ2) is 8.58. The normalized spacial score (nSPS) is 10.4.